The molecule has 0 aromatic carbocycles. The Kier molecular flexibility index (Phi) is 4.29. The largest absolute Gasteiger partial charge is 0.440 e. The lowest BCUT2D eigenvalue weighted by Crippen LogP contribution is -2.21. The second-order valence-electron chi connectivity index (χ2n) is 5.71. The molecule has 1 aliphatic rings. The Balaban J connectivity index is 1.50. The standard InChI is InChI=1S/C16H16N2O3S3/c19-24(20,18-9-12-5-2-8-22-12)15-7-6-14(23-15)13-10-17-16(21-13)11-3-1-4-11/h2,5-8,10-11,18H,1,3-4,9H2. The highest BCUT2D eigenvalue weighted by Crippen LogP contribution is 2.38. The van der Waals surface area contributed by atoms with Gasteiger partial charge in [0, 0.05) is 17.3 Å². The molecule has 1 saturated carbocycles. The van der Waals surface area contributed by atoms with E-state index in [0.717, 1.165) is 28.5 Å². The van der Waals surface area contributed by atoms with E-state index in [0.29, 0.717) is 18.2 Å². The third-order valence-electron chi connectivity index (χ3n) is 4.08. The molecule has 0 radical (unpaired) electrons. The van der Waals surface area contributed by atoms with Crippen molar-refractivity contribution in [1.82, 2.24) is 9.71 Å². The molecular formula is C16H16N2O3S3. The first kappa shape index (κ1) is 16.0. The molecule has 3 aromatic heterocycles. The zero-order chi connectivity index (χ0) is 16.6. The van der Waals surface area contributed by atoms with Gasteiger partial charge in [0.05, 0.1) is 11.1 Å². The summed E-state index contributed by atoms with van der Waals surface area (Å²) in [5.74, 6) is 1.83. The van der Waals surface area contributed by atoms with E-state index in [9.17, 15) is 8.42 Å². The van der Waals surface area contributed by atoms with Crippen LogP contribution < -0.4 is 4.72 Å². The van der Waals surface area contributed by atoms with E-state index >= 15 is 0 Å². The van der Waals surface area contributed by atoms with E-state index in [-0.39, 0.29) is 4.21 Å². The van der Waals surface area contributed by atoms with Crippen molar-refractivity contribution in [3.63, 3.8) is 0 Å². The molecule has 8 heteroatoms. The van der Waals surface area contributed by atoms with E-state index in [1.807, 2.05) is 17.5 Å². The van der Waals surface area contributed by atoms with Crippen LogP contribution in [-0.2, 0) is 16.6 Å². The number of nitrogens with one attached hydrogen (secondary N) is 1. The van der Waals surface area contributed by atoms with Gasteiger partial charge in [-0.05, 0) is 36.4 Å². The topological polar surface area (TPSA) is 72.2 Å². The Morgan fingerprint density at radius 2 is 2.17 bits per heavy atom. The summed E-state index contributed by atoms with van der Waals surface area (Å²) in [7, 11) is -3.51. The molecule has 0 bridgehead atoms. The van der Waals surface area contributed by atoms with E-state index in [1.165, 1.54) is 29.1 Å². The minimum absolute atomic E-state index is 0.288. The van der Waals surface area contributed by atoms with Crippen molar-refractivity contribution >= 4 is 32.7 Å². The van der Waals surface area contributed by atoms with Gasteiger partial charge in [0.2, 0.25) is 10.0 Å². The Hall–Kier alpha value is -1.48. The number of hydrogen-bond acceptors (Lipinski definition) is 6. The first-order valence-corrected chi connectivity index (χ1v) is 10.9. The number of thiophene rings is 2. The molecule has 0 saturated heterocycles. The molecule has 1 N–H and O–H groups in total. The van der Waals surface area contributed by atoms with E-state index in [2.05, 4.69) is 9.71 Å². The van der Waals surface area contributed by atoms with Gasteiger partial charge in [-0.3, -0.25) is 0 Å². The van der Waals surface area contributed by atoms with Gasteiger partial charge in [0.25, 0.3) is 0 Å². The van der Waals surface area contributed by atoms with E-state index < -0.39 is 10.0 Å². The SMILES string of the molecule is O=S(=O)(NCc1cccs1)c1ccc(-c2cnc(C3CCC3)o2)s1. The summed E-state index contributed by atoms with van der Waals surface area (Å²) < 4.78 is 33.5. The third kappa shape index (κ3) is 3.19. The van der Waals surface area contributed by atoms with Crippen molar-refractivity contribution in [2.75, 3.05) is 0 Å². The van der Waals surface area contributed by atoms with Crippen LogP contribution in [0.15, 0.2) is 44.5 Å². The van der Waals surface area contributed by atoms with Gasteiger partial charge in [0.1, 0.15) is 4.21 Å². The Morgan fingerprint density at radius 1 is 1.29 bits per heavy atom. The fraction of sp³-hybridized carbons (Fsp3) is 0.312. The number of oxazole rings is 1. The lowest BCUT2D eigenvalue weighted by Gasteiger charge is -2.21. The highest BCUT2D eigenvalue weighted by molar-refractivity contribution is 7.91. The zero-order valence-corrected chi connectivity index (χ0v) is 15.2. The molecule has 1 aliphatic carbocycles. The highest BCUT2D eigenvalue weighted by atomic mass is 32.2. The predicted octanol–water partition coefficient (Wildman–Crippen LogP) is 4.21. The number of aromatic nitrogens is 1. The summed E-state index contributed by atoms with van der Waals surface area (Å²) >= 11 is 2.73. The lowest BCUT2D eigenvalue weighted by atomic mass is 9.85. The molecule has 0 spiro atoms. The minimum atomic E-state index is -3.51. The Morgan fingerprint density at radius 3 is 2.88 bits per heavy atom. The maximum atomic E-state index is 12.4. The van der Waals surface area contributed by atoms with E-state index in [1.54, 1.807) is 18.3 Å². The first-order chi connectivity index (χ1) is 11.6. The summed E-state index contributed by atoms with van der Waals surface area (Å²) in [5.41, 5.74) is 0. The van der Waals surface area contributed by atoms with Crippen molar-refractivity contribution in [1.29, 1.82) is 0 Å². The van der Waals surface area contributed by atoms with Crippen LogP contribution in [0.25, 0.3) is 10.6 Å². The van der Waals surface area contributed by atoms with Gasteiger partial charge in [-0.25, -0.2) is 18.1 Å². The van der Waals surface area contributed by atoms with Gasteiger partial charge in [0.15, 0.2) is 11.7 Å². The van der Waals surface area contributed by atoms with E-state index in [4.69, 9.17) is 4.42 Å². The second-order valence-corrected chi connectivity index (χ2v) is 9.82. The molecule has 24 heavy (non-hydrogen) atoms. The van der Waals surface area contributed by atoms with Crippen molar-refractivity contribution in [2.45, 2.75) is 35.9 Å². The summed E-state index contributed by atoms with van der Waals surface area (Å²) in [4.78, 5) is 6.10. The molecule has 0 amide bonds. The van der Waals surface area contributed by atoms with Gasteiger partial charge >= 0.3 is 0 Å². The molecule has 4 rings (SSSR count). The normalized spacial score (nSPS) is 15.5. The fourth-order valence-electron chi connectivity index (χ4n) is 2.49. The summed E-state index contributed by atoms with van der Waals surface area (Å²) in [5, 5.41) is 1.93. The van der Waals surface area contributed by atoms with Crippen molar-refractivity contribution < 1.29 is 12.8 Å². The molecule has 0 unspecified atom stereocenters. The maximum absolute atomic E-state index is 12.4. The van der Waals surface area contributed by atoms with Crippen LogP contribution >= 0.6 is 22.7 Å². The van der Waals surface area contributed by atoms with Gasteiger partial charge in [-0.15, -0.1) is 22.7 Å². The van der Waals surface area contributed by atoms with Crippen LogP contribution in [0.2, 0.25) is 0 Å². The molecule has 126 valence electrons. The highest BCUT2D eigenvalue weighted by Gasteiger charge is 2.25. The van der Waals surface area contributed by atoms with Crippen LogP contribution in [-0.4, -0.2) is 13.4 Å². The average Bonchev–Trinajstić information content (AvgIpc) is 3.24. The maximum Gasteiger partial charge on any atom is 0.250 e. The first-order valence-electron chi connectivity index (χ1n) is 7.70. The van der Waals surface area contributed by atoms with Crippen LogP contribution in [0.5, 0.6) is 0 Å². The van der Waals surface area contributed by atoms with Gasteiger partial charge in [-0.1, -0.05) is 12.5 Å². The quantitative estimate of drug-likeness (QED) is 0.695. The summed E-state index contributed by atoms with van der Waals surface area (Å²) in [6, 6.07) is 7.20. The minimum Gasteiger partial charge on any atom is -0.440 e. The Labute approximate surface area is 148 Å². The number of sulfonamides is 1. The monoisotopic (exact) mass is 380 g/mol. The van der Waals surface area contributed by atoms with Crippen LogP contribution in [0.4, 0.5) is 0 Å². The van der Waals surface area contributed by atoms with Crippen LogP contribution in [0.3, 0.4) is 0 Å². The van der Waals surface area contributed by atoms with Gasteiger partial charge in [-0.2, -0.15) is 0 Å². The van der Waals surface area contributed by atoms with Crippen LogP contribution in [0, 0.1) is 0 Å². The molecule has 3 aromatic rings. The molecule has 0 atom stereocenters. The number of hydrogen-bond donors (Lipinski definition) is 1. The van der Waals surface area contributed by atoms with Gasteiger partial charge < -0.3 is 4.42 Å². The smallest absolute Gasteiger partial charge is 0.250 e. The number of rotatable bonds is 6. The van der Waals surface area contributed by atoms with Crippen molar-refractivity contribution in [3.8, 4) is 10.6 Å². The zero-order valence-electron chi connectivity index (χ0n) is 12.8. The average molecular weight is 381 g/mol. The molecular weight excluding hydrogens is 364 g/mol. The predicted molar refractivity (Wildman–Crippen MR) is 94.8 cm³/mol. The molecule has 3 heterocycles. The molecule has 5 nitrogen and oxygen atoms in total. The fourth-order valence-corrected chi connectivity index (χ4v) is 5.53. The lowest BCUT2D eigenvalue weighted by molar-refractivity contribution is 0.338. The van der Waals surface area contributed by atoms with Crippen molar-refractivity contribution in [3.05, 3.63) is 46.6 Å². The summed E-state index contributed by atoms with van der Waals surface area (Å²) in [6.07, 6.45) is 5.15. The summed E-state index contributed by atoms with van der Waals surface area (Å²) in [6.45, 7) is 0.307. The molecule has 1 fully saturated rings. The van der Waals surface area contributed by atoms with Crippen molar-refractivity contribution in [2.24, 2.45) is 0 Å². The molecule has 0 aliphatic heterocycles. The third-order valence-corrected chi connectivity index (χ3v) is 7.95. The Bertz CT molecular complexity index is 922. The van der Waals surface area contributed by atoms with Crippen LogP contribution in [0.1, 0.15) is 35.9 Å². The number of nitrogens with zero attached hydrogens (tertiary/aromatic N) is 1. The second kappa shape index (κ2) is 6.44.